The molecule has 0 saturated carbocycles. The van der Waals surface area contributed by atoms with Gasteiger partial charge in [0.1, 0.15) is 5.82 Å². The molecule has 0 aliphatic rings. The Balaban J connectivity index is 1.61. The van der Waals surface area contributed by atoms with Gasteiger partial charge >= 0.3 is 0 Å². The summed E-state index contributed by atoms with van der Waals surface area (Å²) in [5, 5.41) is 4.25. The maximum Gasteiger partial charge on any atom is 0.122 e. The summed E-state index contributed by atoms with van der Waals surface area (Å²) >= 11 is 0. The van der Waals surface area contributed by atoms with E-state index in [9.17, 15) is 0 Å². The number of aromatic nitrogens is 4. The second kappa shape index (κ2) is 7.24. The number of imidazole rings is 1. The van der Waals surface area contributed by atoms with E-state index in [2.05, 4.69) is 64.0 Å². The highest BCUT2D eigenvalue weighted by molar-refractivity contribution is 5.33. The Labute approximate surface area is 137 Å². The fourth-order valence-electron chi connectivity index (χ4n) is 2.72. The summed E-state index contributed by atoms with van der Waals surface area (Å²) in [7, 11) is 2.13. The van der Waals surface area contributed by atoms with Crippen molar-refractivity contribution < 1.29 is 0 Å². The van der Waals surface area contributed by atoms with Crippen LogP contribution >= 0.6 is 0 Å². The SMILES string of the molecule is CCCn1ccnc1CN(C)Cc1ccc(-n2cccn2)cc1. The van der Waals surface area contributed by atoms with E-state index >= 15 is 0 Å². The predicted molar refractivity (Wildman–Crippen MR) is 91.3 cm³/mol. The van der Waals surface area contributed by atoms with Gasteiger partial charge in [0, 0.05) is 37.9 Å². The molecule has 0 fully saturated rings. The van der Waals surface area contributed by atoms with Crippen LogP contribution in [0, 0.1) is 0 Å². The summed E-state index contributed by atoms with van der Waals surface area (Å²) in [5.41, 5.74) is 2.37. The molecule has 0 unspecified atom stereocenters. The minimum atomic E-state index is 0.855. The van der Waals surface area contributed by atoms with Crippen molar-refractivity contribution in [2.45, 2.75) is 33.0 Å². The van der Waals surface area contributed by atoms with Crippen LogP contribution in [0.1, 0.15) is 24.7 Å². The number of nitrogens with zero attached hydrogens (tertiary/aromatic N) is 5. The van der Waals surface area contributed by atoms with Crippen LogP contribution in [0.4, 0.5) is 0 Å². The van der Waals surface area contributed by atoms with E-state index in [-0.39, 0.29) is 0 Å². The van der Waals surface area contributed by atoms with E-state index in [0.717, 1.165) is 37.6 Å². The van der Waals surface area contributed by atoms with E-state index in [1.807, 2.05) is 23.1 Å². The van der Waals surface area contributed by atoms with Crippen LogP contribution < -0.4 is 0 Å². The molecule has 2 heterocycles. The van der Waals surface area contributed by atoms with Gasteiger partial charge in [0.15, 0.2) is 0 Å². The van der Waals surface area contributed by atoms with Gasteiger partial charge in [-0.15, -0.1) is 0 Å². The van der Waals surface area contributed by atoms with E-state index in [0.29, 0.717) is 0 Å². The molecule has 5 nitrogen and oxygen atoms in total. The molecule has 0 saturated heterocycles. The Morgan fingerprint density at radius 2 is 1.87 bits per heavy atom. The number of rotatable bonds is 7. The topological polar surface area (TPSA) is 38.9 Å². The normalized spacial score (nSPS) is 11.3. The average molecular weight is 309 g/mol. The number of aryl methyl sites for hydroxylation is 1. The van der Waals surface area contributed by atoms with Crippen LogP contribution in [-0.4, -0.2) is 31.3 Å². The van der Waals surface area contributed by atoms with Gasteiger partial charge in [0.2, 0.25) is 0 Å². The molecule has 0 spiro atoms. The first-order chi connectivity index (χ1) is 11.3. The fourth-order valence-corrected chi connectivity index (χ4v) is 2.72. The summed E-state index contributed by atoms with van der Waals surface area (Å²) in [4.78, 5) is 6.76. The summed E-state index contributed by atoms with van der Waals surface area (Å²) in [6.45, 7) is 4.97. The Kier molecular flexibility index (Phi) is 4.88. The molecule has 0 aliphatic heterocycles. The van der Waals surface area contributed by atoms with Gasteiger partial charge in [0.05, 0.1) is 12.2 Å². The number of hydrogen-bond acceptors (Lipinski definition) is 3. The molecular weight excluding hydrogens is 286 g/mol. The van der Waals surface area contributed by atoms with Crippen LogP contribution in [0.25, 0.3) is 5.69 Å². The lowest BCUT2D eigenvalue weighted by Crippen LogP contribution is -2.20. The van der Waals surface area contributed by atoms with Gasteiger partial charge in [-0.3, -0.25) is 4.90 Å². The van der Waals surface area contributed by atoms with Gasteiger partial charge < -0.3 is 4.57 Å². The maximum absolute atomic E-state index is 4.47. The molecule has 3 rings (SSSR count). The lowest BCUT2D eigenvalue weighted by Gasteiger charge is -2.17. The van der Waals surface area contributed by atoms with Gasteiger partial charge in [-0.05, 0) is 37.2 Å². The summed E-state index contributed by atoms with van der Waals surface area (Å²) < 4.78 is 4.10. The first-order valence-electron chi connectivity index (χ1n) is 8.04. The van der Waals surface area contributed by atoms with E-state index < -0.39 is 0 Å². The van der Waals surface area contributed by atoms with Crippen LogP contribution in [0.3, 0.4) is 0 Å². The van der Waals surface area contributed by atoms with Crippen LogP contribution in [0.2, 0.25) is 0 Å². The third-order valence-electron chi connectivity index (χ3n) is 3.84. The number of hydrogen-bond donors (Lipinski definition) is 0. The van der Waals surface area contributed by atoms with Crippen molar-refractivity contribution >= 4 is 0 Å². The van der Waals surface area contributed by atoms with Crippen molar-refractivity contribution in [3.63, 3.8) is 0 Å². The molecule has 2 aromatic heterocycles. The monoisotopic (exact) mass is 309 g/mol. The van der Waals surface area contributed by atoms with Crippen molar-refractivity contribution in [3.8, 4) is 5.69 Å². The van der Waals surface area contributed by atoms with Gasteiger partial charge in [-0.1, -0.05) is 19.1 Å². The second-order valence-electron chi connectivity index (χ2n) is 5.83. The molecule has 0 aliphatic carbocycles. The van der Waals surface area contributed by atoms with Crippen LogP contribution in [0.5, 0.6) is 0 Å². The zero-order chi connectivity index (χ0) is 16.1. The quantitative estimate of drug-likeness (QED) is 0.673. The summed E-state index contributed by atoms with van der Waals surface area (Å²) in [6.07, 6.45) is 8.82. The average Bonchev–Trinajstić information content (AvgIpc) is 3.21. The van der Waals surface area contributed by atoms with Crippen molar-refractivity contribution in [1.29, 1.82) is 0 Å². The minimum absolute atomic E-state index is 0.855. The zero-order valence-electron chi connectivity index (χ0n) is 13.8. The van der Waals surface area contributed by atoms with Crippen molar-refractivity contribution in [2.24, 2.45) is 0 Å². The third kappa shape index (κ3) is 3.87. The standard InChI is InChI=1S/C18H23N5/c1-3-11-22-13-10-19-18(22)15-21(2)14-16-5-7-17(8-6-16)23-12-4-9-20-23/h4-10,12-13H,3,11,14-15H2,1-2H3. The maximum atomic E-state index is 4.47. The zero-order valence-corrected chi connectivity index (χ0v) is 13.8. The molecule has 3 aromatic rings. The lowest BCUT2D eigenvalue weighted by atomic mass is 10.2. The highest BCUT2D eigenvalue weighted by Gasteiger charge is 2.07. The first-order valence-corrected chi connectivity index (χ1v) is 8.04. The third-order valence-corrected chi connectivity index (χ3v) is 3.84. The fraction of sp³-hybridized carbons (Fsp3) is 0.333. The molecule has 120 valence electrons. The minimum Gasteiger partial charge on any atom is -0.334 e. The van der Waals surface area contributed by atoms with E-state index in [1.165, 1.54) is 5.56 Å². The lowest BCUT2D eigenvalue weighted by molar-refractivity contribution is 0.304. The van der Waals surface area contributed by atoms with Crippen molar-refractivity contribution in [3.05, 3.63) is 66.5 Å². The Bertz CT molecular complexity index is 712. The molecule has 0 N–H and O–H groups in total. The predicted octanol–water partition coefficient (Wildman–Crippen LogP) is 3.11. The smallest absolute Gasteiger partial charge is 0.122 e. The molecule has 0 amide bonds. The molecule has 0 bridgehead atoms. The molecule has 0 atom stereocenters. The second-order valence-corrected chi connectivity index (χ2v) is 5.83. The highest BCUT2D eigenvalue weighted by Crippen LogP contribution is 2.11. The summed E-state index contributed by atoms with van der Waals surface area (Å²) in [6, 6.07) is 10.5. The molecule has 1 aromatic carbocycles. The van der Waals surface area contributed by atoms with Gasteiger partial charge in [-0.2, -0.15) is 5.10 Å². The van der Waals surface area contributed by atoms with Gasteiger partial charge in [-0.25, -0.2) is 9.67 Å². The Hall–Kier alpha value is -2.40. The first kappa shape index (κ1) is 15.5. The van der Waals surface area contributed by atoms with Gasteiger partial charge in [0.25, 0.3) is 0 Å². The van der Waals surface area contributed by atoms with E-state index in [4.69, 9.17) is 0 Å². The van der Waals surface area contributed by atoms with Crippen molar-refractivity contribution in [2.75, 3.05) is 7.05 Å². The Morgan fingerprint density at radius 3 is 2.57 bits per heavy atom. The highest BCUT2D eigenvalue weighted by atomic mass is 15.3. The van der Waals surface area contributed by atoms with Crippen molar-refractivity contribution in [1.82, 2.24) is 24.2 Å². The summed E-state index contributed by atoms with van der Waals surface area (Å²) in [5.74, 6) is 1.13. The van der Waals surface area contributed by atoms with Crippen LogP contribution in [0.15, 0.2) is 55.1 Å². The molecule has 5 heteroatoms. The van der Waals surface area contributed by atoms with Crippen LogP contribution in [-0.2, 0) is 19.6 Å². The molecule has 0 radical (unpaired) electrons. The largest absolute Gasteiger partial charge is 0.334 e. The molecule has 23 heavy (non-hydrogen) atoms. The number of benzene rings is 1. The van der Waals surface area contributed by atoms with E-state index in [1.54, 1.807) is 6.20 Å². The Morgan fingerprint density at radius 1 is 1.04 bits per heavy atom. The molecular formula is C18H23N5.